The molecule has 1 atom stereocenters. The van der Waals surface area contributed by atoms with Crippen LogP contribution in [0.1, 0.15) is 31.2 Å². The Bertz CT molecular complexity index is 521. The van der Waals surface area contributed by atoms with Gasteiger partial charge in [0.15, 0.2) is 5.76 Å². The fourth-order valence-corrected chi connectivity index (χ4v) is 3.61. The van der Waals surface area contributed by atoms with Gasteiger partial charge in [0.25, 0.3) is 0 Å². The van der Waals surface area contributed by atoms with Crippen molar-refractivity contribution in [3.8, 4) is 0 Å². The molecule has 1 saturated heterocycles. The van der Waals surface area contributed by atoms with Crippen molar-refractivity contribution < 1.29 is 12.9 Å². The molecule has 2 heterocycles. The lowest BCUT2D eigenvalue weighted by Gasteiger charge is -2.20. The van der Waals surface area contributed by atoms with Crippen molar-refractivity contribution in [3.05, 3.63) is 17.5 Å². The third-order valence-electron chi connectivity index (χ3n) is 3.43. The third-order valence-corrected chi connectivity index (χ3v) is 4.70. The van der Waals surface area contributed by atoms with Gasteiger partial charge in [0.2, 0.25) is 10.0 Å². The second-order valence-corrected chi connectivity index (χ2v) is 7.46. The first-order valence-corrected chi connectivity index (χ1v) is 8.72. The Morgan fingerprint density at radius 1 is 1.45 bits per heavy atom. The van der Waals surface area contributed by atoms with E-state index in [4.69, 9.17) is 4.52 Å². The number of aromatic nitrogens is 1. The van der Waals surface area contributed by atoms with E-state index in [9.17, 15) is 8.42 Å². The van der Waals surface area contributed by atoms with Crippen LogP contribution in [0.2, 0.25) is 0 Å². The maximum Gasteiger partial charge on any atom is 0.219 e. The van der Waals surface area contributed by atoms with Crippen LogP contribution in [0.15, 0.2) is 10.6 Å². The highest BCUT2D eigenvalue weighted by Crippen LogP contribution is 2.11. The molecule has 0 aliphatic carbocycles. The molecule has 1 N–H and O–H groups in total. The Kier molecular flexibility index (Phi) is 5.17. The zero-order valence-electron chi connectivity index (χ0n) is 12.1. The third kappa shape index (κ3) is 4.88. The summed E-state index contributed by atoms with van der Waals surface area (Å²) in [5, 5.41) is 3.69. The summed E-state index contributed by atoms with van der Waals surface area (Å²) in [7, 11) is -3.35. The van der Waals surface area contributed by atoms with Crippen molar-refractivity contribution in [2.24, 2.45) is 5.92 Å². The van der Waals surface area contributed by atoms with Crippen LogP contribution in [0, 0.1) is 12.8 Å². The number of sulfonamides is 1. The van der Waals surface area contributed by atoms with Gasteiger partial charge in [-0.25, -0.2) is 13.1 Å². The van der Waals surface area contributed by atoms with E-state index in [2.05, 4.69) is 21.7 Å². The number of hydrogen-bond donors (Lipinski definition) is 1. The van der Waals surface area contributed by atoms with E-state index in [-0.39, 0.29) is 5.75 Å². The maximum atomic E-state index is 11.9. The predicted molar refractivity (Wildman–Crippen MR) is 76.7 cm³/mol. The summed E-state index contributed by atoms with van der Waals surface area (Å²) in [6.45, 7) is 7.52. The van der Waals surface area contributed by atoms with E-state index < -0.39 is 10.0 Å². The summed E-state index contributed by atoms with van der Waals surface area (Å²) >= 11 is 0. The molecule has 1 aromatic heterocycles. The van der Waals surface area contributed by atoms with Gasteiger partial charge >= 0.3 is 0 Å². The van der Waals surface area contributed by atoms with Crippen molar-refractivity contribution in [2.45, 2.75) is 32.4 Å². The fourth-order valence-electron chi connectivity index (χ4n) is 2.46. The van der Waals surface area contributed by atoms with E-state index in [1.165, 1.54) is 12.8 Å². The van der Waals surface area contributed by atoms with Crippen molar-refractivity contribution in [3.63, 3.8) is 0 Å². The fraction of sp³-hybridized carbons (Fsp3) is 0.769. The van der Waals surface area contributed by atoms with Crippen LogP contribution in [0.5, 0.6) is 0 Å². The van der Waals surface area contributed by atoms with E-state index in [0.717, 1.165) is 19.6 Å². The van der Waals surface area contributed by atoms with Gasteiger partial charge < -0.3 is 9.42 Å². The molecule has 1 aliphatic rings. The maximum absolute atomic E-state index is 11.9. The van der Waals surface area contributed by atoms with Gasteiger partial charge in [-0.2, -0.15) is 0 Å². The van der Waals surface area contributed by atoms with E-state index in [1.54, 1.807) is 13.0 Å². The summed E-state index contributed by atoms with van der Waals surface area (Å²) in [5.41, 5.74) is 0.692. The van der Waals surface area contributed by atoms with Crippen molar-refractivity contribution in [1.29, 1.82) is 0 Å². The topological polar surface area (TPSA) is 75.4 Å². The molecule has 1 aromatic rings. The number of nitrogens with one attached hydrogen (secondary N) is 1. The van der Waals surface area contributed by atoms with Gasteiger partial charge in [0, 0.05) is 19.2 Å². The molecule has 1 fully saturated rings. The number of likely N-dealkylation sites (tertiary alicyclic amines) is 1. The van der Waals surface area contributed by atoms with Crippen LogP contribution in [-0.4, -0.2) is 44.7 Å². The predicted octanol–water partition coefficient (Wildman–Crippen LogP) is 1.13. The van der Waals surface area contributed by atoms with Gasteiger partial charge in [-0.05, 0) is 38.8 Å². The average Bonchev–Trinajstić information content (AvgIpc) is 2.99. The molecule has 2 rings (SSSR count). The highest BCUT2D eigenvalue weighted by atomic mass is 32.2. The molecular weight excluding hydrogens is 278 g/mol. The van der Waals surface area contributed by atoms with Gasteiger partial charge in [-0.3, -0.25) is 0 Å². The zero-order valence-corrected chi connectivity index (χ0v) is 12.9. The first-order chi connectivity index (χ1) is 9.44. The van der Waals surface area contributed by atoms with Gasteiger partial charge in [0.1, 0.15) is 5.75 Å². The van der Waals surface area contributed by atoms with Crippen LogP contribution in [0.3, 0.4) is 0 Å². The first kappa shape index (κ1) is 15.5. The second-order valence-electron chi connectivity index (χ2n) is 5.66. The molecule has 114 valence electrons. The van der Waals surface area contributed by atoms with E-state index >= 15 is 0 Å². The molecule has 0 saturated carbocycles. The summed E-state index contributed by atoms with van der Waals surface area (Å²) < 4.78 is 31.5. The van der Waals surface area contributed by atoms with Gasteiger partial charge in [-0.15, -0.1) is 0 Å². The van der Waals surface area contributed by atoms with Gasteiger partial charge in [0.05, 0.1) is 5.69 Å². The minimum Gasteiger partial charge on any atom is -0.360 e. The van der Waals surface area contributed by atoms with Crippen molar-refractivity contribution in [2.75, 3.05) is 26.2 Å². The molecule has 0 amide bonds. The molecule has 7 heteroatoms. The van der Waals surface area contributed by atoms with Crippen LogP contribution in [0.4, 0.5) is 0 Å². The summed E-state index contributed by atoms with van der Waals surface area (Å²) in [6, 6.07) is 1.65. The number of hydrogen-bond acceptors (Lipinski definition) is 5. The second kappa shape index (κ2) is 6.69. The minimum atomic E-state index is -3.35. The molecule has 6 nitrogen and oxygen atoms in total. The number of nitrogens with zero attached hydrogens (tertiary/aromatic N) is 2. The monoisotopic (exact) mass is 301 g/mol. The van der Waals surface area contributed by atoms with Crippen LogP contribution in [-0.2, 0) is 15.8 Å². The highest BCUT2D eigenvalue weighted by molar-refractivity contribution is 7.88. The SMILES string of the molecule is Cc1cc(CS(=O)(=O)NCC(C)CN2CCCC2)on1. The van der Waals surface area contributed by atoms with Gasteiger partial charge in [-0.1, -0.05) is 12.1 Å². The molecule has 1 unspecified atom stereocenters. The van der Waals surface area contributed by atoms with Crippen LogP contribution in [0.25, 0.3) is 0 Å². The Morgan fingerprint density at radius 3 is 2.75 bits per heavy atom. The minimum absolute atomic E-state index is 0.149. The number of rotatable bonds is 7. The smallest absolute Gasteiger partial charge is 0.219 e. The lowest BCUT2D eigenvalue weighted by atomic mass is 10.2. The molecular formula is C13H23N3O3S. The number of aryl methyl sites for hydroxylation is 1. The molecule has 0 bridgehead atoms. The zero-order chi connectivity index (χ0) is 14.6. The molecule has 0 spiro atoms. The summed E-state index contributed by atoms with van der Waals surface area (Å²) in [6.07, 6.45) is 2.51. The van der Waals surface area contributed by atoms with Crippen molar-refractivity contribution in [1.82, 2.24) is 14.8 Å². The average molecular weight is 301 g/mol. The Hall–Kier alpha value is -0.920. The van der Waals surface area contributed by atoms with Crippen LogP contribution < -0.4 is 4.72 Å². The van der Waals surface area contributed by atoms with Crippen molar-refractivity contribution >= 4 is 10.0 Å². The lowest BCUT2D eigenvalue weighted by Crippen LogP contribution is -2.34. The highest BCUT2D eigenvalue weighted by Gasteiger charge is 2.18. The summed E-state index contributed by atoms with van der Waals surface area (Å²) in [4.78, 5) is 2.39. The Balaban J connectivity index is 1.76. The molecule has 20 heavy (non-hydrogen) atoms. The van der Waals surface area contributed by atoms with E-state index in [1.807, 2.05) is 0 Å². The summed E-state index contributed by atoms with van der Waals surface area (Å²) in [5.74, 6) is 0.533. The quantitative estimate of drug-likeness (QED) is 0.817. The molecule has 1 aliphatic heterocycles. The normalized spacial score (nSPS) is 18.5. The lowest BCUT2D eigenvalue weighted by molar-refractivity contribution is 0.288. The van der Waals surface area contributed by atoms with Crippen LogP contribution >= 0.6 is 0 Å². The van der Waals surface area contributed by atoms with E-state index in [0.29, 0.717) is 23.9 Å². The Labute approximate surface area is 120 Å². The standard InChI is InChI=1S/C13H23N3O3S/c1-11(9-16-5-3-4-6-16)8-14-20(17,18)10-13-7-12(2)15-19-13/h7,11,14H,3-6,8-10H2,1-2H3. The largest absolute Gasteiger partial charge is 0.360 e. The Morgan fingerprint density at radius 2 is 2.15 bits per heavy atom. The first-order valence-electron chi connectivity index (χ1n) is 7.06. The molecule has 0 radical (unpaired) electrons. The molecule has 0 aromatic carbocycles.